The maximum Gasteiger partial charge on any atom is 0.359 e. The summed E-state index contributed by atoms with van der Waals surface area (Å²) in [7, 11) is 4.20. The molecular weight excluding hydrogens is 386 g/mol. The van der Waals surface area contributed by atoms with Crippen molar-refractivity contribution in [3.05, 3.63) is 23.5 Å². The molecule has 2 aromatic rings. The van der Waals surface area contributed by atoms with Crippen LogP contribution in [0.15, 0.2) is 12.1 Å². The fraction of sp³-hybridized carbons (Fsp3) is 0.368. The normalized spacial score (nSPS) is 10.4. The molecule has 10 heteroatoms. The number of hydrogen-bond donors (Lipinski definition) is 2. The molecule has 0 saturated carbocycles. The summed E-state index contributed by atoms with van der Waals surface area (Å²) in [4.78, 5) is 25.0. The predicted octanol–water partition coefficient (Wildman–Crippen LogP) is 2.27. The number of carbonyl (C=O) groups excluding carboxylic acids is 2. The van der Waals surface area contributed by atoms with E-state index in [4.69, 9.17) is 23.7 Å². The van der Waals surface area contributed by atoms with Crippen molar-refractivity contribution in [1.82, 2.24) is 4.57 Å². The van der Waals surface area contributed by atoms with E-state index in [0.717, 1.165) is 4.57 Å². The Morgan fingerprint density at radius 3 is 1.55 bits per heavy atom. The third kappa shape index (κ3) is 3.86. The lowest BCUT2D eigenvalue weighted by molar-refractivity contribution is 0.0507. The van der Waals surface area contributed by atoms with Crippen LogP contribution in [0.4, 0.5) is 0 Å². The first-order valence-corrected chi connectivity index (χ1v) is 8.67. The molecule has 0 amide bonds. The van der Waals surface area contributed by atoms with E-state index in [1.165, 1.54) is 33.5 Å². The van der Waals surface area contributed by atoms with Crippen LogP contribution in [0, 0.1) is 0 Å². The van der Waals surface area contributed by atoms with Gasteiger partial charge < -0.3 is 33.9 Å². The highest BCUT2D eigenvalue weighted by atomic mass is 16.5. The second-order valence-corrected chi connectivity index (χ2v) is 5.55. The van der Waals surface area contributed by atoms with Gasteiger partial charge in [0.25, 0.3) is 0 Å². The van der Waals surface area contributed by atoms with E-state index < -0.39 is 34.8 Å². The Bertz CT molecular complexity index is 850. The number of rotatable bonds is 8. The first-order valence-electron chi connectivity index (χ1n) is 8.67. The van der Waals surface area contributed by atoms with Gasteiger partial charge in [-0.15, -0.1) is 0 Å². The van der Waals surface area contributed by atoms with Crippen LogP contribution >= 0.6 is 0 Å². The molecule has 0 radical (unpaired) electrons. The van der Waals surface area contributed by atoms with Gasteiger partial charge in [0.1, 0.15) is 0 Å². The molecule has 1 aromatic heterocycles. The molecule has 0 unspecified atom stereocenters. The van der Waals surface area contributed by atoms with Crippen molar-refractivity contribution in [3.8, 4) is 34.4 Å². The minimum Gasteiger partial charge on any atom is -0.503 e. The second kappa shape index (κ2) is 9.09. The van der Waals surface area contributed by atoms with Crippen LogP contribution < -0.4 is 14.2 Å². The van der Waals surface area contributed by atoms with Gasteiger partial charge >= 0.3 is 11.9 Å². The summed E-state index contributed by atoms with van der Waals surface area (Å²) in [5.41, 5.74) is -0.760. The topological polar surface area (TPSA) is 126 Å². The molecule has 0 aliphatic carbocycles. The number of esters is 2. The van der Waals surface area contributed by atoms with E-state index in [2.05, 4.69) is 0 Å². The zero-order valence-corrected chi connectivity index (χ0v) is 16.8. The van der Waals surface area contributed by atoms with Gasteiger partial charge in [-0.1, -0.05) is 0 Å². The van der Waals surface area contributed by atoms with E-state index in [-0.39, 0.29) is 36.1 Å². The molecule has 0 atom stereocenters. The molecule has 158 valence electrons. The van der Waals surface area contributed by atoms with E-state index in [1.54, 1.807) is 13.8 Å². The fourth-order valence-electron chi connectivity index (χ4n) is 2.78. The molecular formula is C19H23NO9. The minimum atomic E-state index is -0.954. The van der Waals surface area contributed by atoms with Crippen molar-refractivity contribution in [2.75, 3.05) is 34.5 Å². The standard InChI is InChI=1S/C19H23NO9/c1-6-28-18(23)13-15(21)16(22)14(19(24)29-7-2)20(13)10-8-11(25-3)17(27-5)12(9-10)26-4/h8-9,21-22H,6-7H2,1-5H3. The molecule has 2 rings (SSSR count). The lowest BCUT2D eigenvalue weighted by atomic mass is 10.2. The van der Waals surface area contributed by atoms with Gasteiger partial charge in [0.15, 0.2) is 34.4 Å². The SMILES string of the molecule is CCOC(=O)c1c(O)c(O)c(C(=O)OCC)n1-c1cc(OC)c(OC)c(OC)c1. The van der Waals surface area contributed by atoms with Crippen LogP contribution in [0.5, 0.6) is 28.7 Å². The van der Waals surface area contributed by atoms with Crippen LogP contribution in [0.2, 0.25) is 0 Å². The number of hydrogen-bond acceptors (Lipinski definition) is 9. The maximum absolute atomic E-state index is 12.5. The summed E-state index contributed by atoms with van der Waals surface area (Å²) in [5, 5.41) is 20.7. The lowest BCUT2D eigenvalue weighted by Gasteiger charge is -2.17. The van der Waals surface area contributed by atoms with Crippen molar-refractivity contribution in [3.63, 3.8) is 0 Å². The van der Waals surface area contributed by atoms with Crippen molar-refractivity contribution in [1.29, 1.82) is 0 Å². The Morgan fingerprint density at radius 2 is 1.24 bits per heavy atom. The van der Waals surface area contributed by atoms with Gasteiger partial charge in [-0.05, 0) is 13.8 Å². The predicted molar refractivity (Wildman–Crippen MR) is 101 cm³/mol. The molecule has 0 bridgehead atoms. The molecule has 1 heterocycles. The third-order valence-electron chi connectivity index (χ3n) is 3.97. The van der Waals surface area contributed by atoms with Crippen LogP contribution in [0.25, 0.3) is 5.69 Å². The number of nitrogens with zero attached hydrogens (tertiary/aromatic N) is 1. The Hall–Kier alpha value is -3.56. The first kappa shape index (κ1) is 21.7. The van der Waals surface area contributed by atoms with E-state index in [0.29, 0.717) is 0 Å². The average molecular weight is 409 g/mol. The van der Waals surface area contributed by atoms with Crippen molar-refractivity contribution in [2.45, 2.75) is 13.8 Å². The van der Waals surface area contributed by atoms with Gasteiger partial charge in [0, 0.05) is 12.1 Å². The Kier molecular flexibility index (Phi) is 6.81. The van der Waals surface area contributed by atoms with Crippen molar-refractivity contribution >= 4 is 11.9 Å². The molecule has 0 fully saturated rings. The molecule has 0 aliphatic rings. The number of ether oxygens (including phenoxy) is 5. The minimum absolute atomic E-state index is 0.00814. The fourth-order valence-corrected chi connectivity index (χ4v) is 2.78. The molecule has 2 N–H and O–H groups in total. The zero-order valence-electron chi connectivity index (χ0n) is 16.8. The second-order valence-electron chi connectivity index (χ2n) is 5.55. The van der Waals surface area contributed by atoms with Crippen molar-refractivity contribution in [2.24, 2.45) is 0 Å². The van der Waals surface area contributed by atoms with Gasteiger partial charge in [-0.25, -0.2) is 9.59 Å². The monoisotopic (exact) mass is 409 g/mol. The molecule has 29 heavy (non-hydrogen) atoms. The summed E-state index contributed by atoms with van der Waals surface area (Å²) in [6.07, 6.45) is 0. The molecule has 0 aliphatic heterocycles. The molecule has 1 aromatic carbocycles. The van der Waals surface area contributed by atoms with E-state index in [9.17, 15) is 19.8 Å². The quantitative estimate of drug-likeness (QED) is 0.631. The highest BCUT2D eigenvalue weighted by Gasteiger charge is 2.34. The van der Waals surface area contributed by atoms with Crippen molar-refractivity contribution < 1.29 is 43.5 Å². The van der Waals surface area contributed by atoms with Crippen LogP contribution in [0.3, 0.4) is 0 Å². The molecule has 10 nitrogen and oxygen atoms in total. The van der Waals surface area contributed by atoms with Crippen LogP contribution in [-0.2, 0) is 9.47 Å². The number of aromatic nitrogens is 1. The number of carbonyl (C=O) groups is 2. The average Bonchev–Trinajstić information content (AvgIpc) is 2.98. The Labute approximate surface area is 167 Å². The smallest absolute Gasteiger partial charge is 0.359 e. The highest BCUT2D eigenvalue weighted by Crippen LogP contribution is 2.44. The van der Waals surface area contributed by atoms with Crippen LogP contribution in [0.1, 0.15) is 34.8 Å². The van der Waals surface area contributed by atoms with Crippen LogP contribution in [-0.4, -0.2) is 61.3 Å². The van der Waals surface area contributed by atoms with Gasteiger partial charge in [-0.3, -0.25) is 4.57 Å². The summed E-state index contributed by atoms with van der Waals surface area (Å²) >= 11 is 0. The van der Waals surface area contributed by atoms with Gasteiger partial charge in [-0.2, -0.15) is 0 Å². The summed E-state index contributed by atoms with van der Waals surface area (Å²) in [6.45, 7) is 3.17. The first-order chi connectivity index (χ1) is 13.9. The largest absolute Gasteiger partial charge is 0.503 e. The van der Waals surface area contributed by atoms with E-state index in [1.807, 2.05) is 0 Å². The Balaban J connectivity index is 2.90. The molecule has 0 saturated heterocycles. The van der Waals surface area contributed by atoms with Gasteiger partial charge in [0.2, 0.25) is 5.75 Å². The third-order valence-corrected chi connectivity index (χ3v) is 3.97. The molecule has 0 spiro atoms. The summed E-state index contributed by atoms with van der Waals surface area (Å²) in [6, 6.07) is 2.87. The number of aromatic hydroxyl groups is 2. The van der Waals surface area contributed by atoms with E-state index >= 15 is 0 Å². The number of methoxy groups -OCH3 is 3. The Morgan fingerprint density at radius 1 is 0.828 bits per heavy atom. The summed E-state index contributed by atoms with van der Waals surface area (Å²) in [5.74, 6) is -2.83. The van der Waals surface area contributed by atoms with Gasteiger partial charge in [0.05, 0.1) is 40.2 Å². The zero-order chi connectivity index (χ0) is 21.7. The summed E-state index contributed by atoms with van der Waals surface area (Å²) < 4.78 is 26.8. The lowest BCUT2D eigenvalue weighted by Crippen LogP contribution is -2.17. The number of benzene rings is 1. The highest BCUT2D eigenvalue weighted by molar-refractivity contribution is 6.00. The maximum atomic E-state index is 12.5.